The fourth-order valence-corrected chi connectivity index (χ4v) is 2.27. The summed E-state index contributed by atoms with van der Waals surface area (Å²) in [6, 6.07) is 0. The largest absolute Gasteiger partial charge is 0.391 e. The van der Waals surface area contributed by atoms with Crippen LogP contribution in [0.5, 0.6) is 0 Å². The SMILES string of the molecule is CCSC(=C(/C)NC)/C1=N/C/C(N)=N\C/C=C\1. The zero-order valence-electron chi connectivity index (χ0n) is 10.7. The van der Waals surface area contributed by atoms with Crippen molar-refractivity contribution in [3.63, 3.8) is 0 Å². The maximum atomic E-state index is 5.72. The molecule has 0 saturated carbocycles. The van der Waals surface area contributed by atoms with E-state index in [0.29, 0.717) is 18.9 Å². The first-order valence-corrected chi connectivity index (χ1v) is 6.69. The van der Waals surface area contributed by atoms with Gasteiger partial charge in [-0.1, -0.05) is 13.0 Å². The summed E-state index contributed by atoms with van der Waals surface area (Å²) in [5.41, 5.74) is 7.84. The van der Waals surface area contributed by atoms with Crippen LogP contribution in [0.1, 0.15) is 13.8 Å². The zero-order chi connectivity index (χ0) is 12.7. The number of allylic oxidation sites excluding steroid dienone is 3. The Morgan fingerprint density at radius 3 is 2.94 bits per heavy atom. The summed E-state index contributed by atoms with van der Waals surface area (Å²) in [7, 11) is 1.93. The fourth-order valence-electron chi connectivity index (χ4n) is 1.38. The second-order valence-electron chi connectivity index (χ2n) is 3.57. The van der Waals surface area contributed by atoms with Crippen LogP contribution in [0.3, 0.4) is 0 Å². The minimum absolute atomic E-state index is 0.477. The molecule has 0 amide bonds. The van der Waals surface area contributed by atoms with Crippen molar-refractivity contribution in [2.45, 2.75) is 13.8 Å². The van der Waals surface area contributed by atoms with E-state index < -0.39 is 0 Å². The second kappa shape index (κ2) is 7.17. The molecule has 0 spiro atoms. The molecule has 4 nitrogen and oxygen atoms in total. The molecule has 0 bridgehead atoms. The first-order valence-electron chi connectivity index (χ1n) is 5.70. The first kappa shape index (κ1) is 13.8. The molecule has 17 heavy (non-hydrogen) atoms. The van der Waals surface area contributed by atoms with Gasteiger partial charge in [0.2, 0.25) is 0 Å². The molecule has 0 fully saturated rings. The van der Waals surface area contributed by atoms with E-state index in [2.05, 4.69) is 29.1 Å². The number of nitrogens with zero attached hydrogens (tertiary/aromatic N) is 2. The number of amidine groups is 1. The van der Waals surface area contributed by atoms with E-state index in [1.165, 1.54) is 4.91 Å². The van der Waals surface area contributed by atoms with Crippen LogP contribution in [0.25, 0.3) is 0 Å². The number of nitrogens with two attached hydrogens (primary N) is 1. The third kappa shape index (κ3) is 4.26. The summed E-state index contributed by atoms with van der Waals surface area (Å²) in [6.07, 6.45) is 4.01. The number of rotatable bonds is 4. The molecule has 0 unspecified atom stereocenters. The number of nitrogens with one attached hydrogen (secondary N) is 1. The summed E-state index contributed by atoms with van der Waals surface area (Å²) in [5, 5.41) is 3.18. The molecule has 1 aliphatic heterocycles. The lowest BCUT2D eigenvalue weighted by molar-refractivity contribution is 0.988. The van der Waals surface area contributed by atoms with E-state index in [4.69, 9.17) is 5.73 Å². The molecule has 1 aliphatic rings. The number of aliphatic imine (C=N–C) groups is 2. The maximum absolute atomic E-state index is 5.72. The minimum Gasteiger partial charge on any atom is -0.391 e. The molecule has 0 aromatic heterocycles. The van der Waals surface area contributed by atoms with Gasteiger partial charge in [-0.3, -0.25) is 9.98 Å². The molecular formula is C12H20N4S. The third-order valence-corrected chi connectivity index (χ3v) is 3.42. The van der Waals surface area contributed by atoms with Crippen LogP contribution in [0.2, 0.25) is 0 Å². The Bertz CT molecular complexity index is 380. The molecule has 1 rings (SSSR count). The van der Waals surface area contributed by atoms with E-state index in [1.807, 2.05) is 19.2 Å². The monoisotopic (exact) mass is 252 g/mol. The van der Waals surface area contributed by atoms with Gasteiger partial charge in [0, 0.05) is 12.7 Å². The molecule has 5 heteroatoms. The van der Waals surface area contributed by atoms with Crippen molar-refractivity contribution in [3.05, 3.63) is 22.8 Å². The third-order valence-electron chi connectivity index (χ3n) is 2.32. The summed E-state index contributed by atoms with van der Waals surface area (Å²) >= 11 is 1.79. The lowest BCUT2D eigenvalue weighted by Crippen LogP contribution is -2.19. The van der Waals surface area contributed by atoms with Gasteiger partial charge in [-0.15, -0.1) is 11.8 Å². The lowest BCUT2D eigenvalue weighted by atomic mass is 10.2. The van der Waals surface area contributed by atoms with Crippen molar-refractivity contribution in [3.8, 4) is 0 Å². The molecule has 1 heterocycles. The van der Waals surface area contributed by atoms with Gasteiger partial charge in [-0.25, -0.2) is 0 Å². The van der Waals surface area contributed by atoms with Crippen molar-refractivity contribution in [2.24, 2.45) is 15.7 Å². The Labute approximate surface area is 107 Å². The molecule has 0 aromatic carbocycles. The van der Waals surface area contributed by atoms with E-state index in [-0.39, 0.29) is 0 Å². The molecular weight excluding hydrogens is 232 g/mol. The highest BCUT2D eigenvalue weighted by molar-refractivity contribution is 8.04. The minimum atomic E-state index is 0.477. The van der Waals surface area contributed by atoms with E-state index in [0.717, 1.165) is 17.2 Å². The van der Waals surface area contributed by atoms with Gasteiger partial charge in [0.1, 0.15) is 5.84 Å². The Morgan fingerprint density at radius 1 is 1.53 bits per heavy atom. The predicted molar refractivity (Wildman–Crippen MR) is 77.8 cm³/mol. The van der Waals surface area contributed by atoms with Crippen molar-refractivity contribution in [2.75, 3.05) is 25.9 Å². The topological polar surface area (TPSA) is 62.8 Å². The molecule has 3 N–H and O–H groups in total. The smallest absolute Gasteiger partial charge is 0.116 e. The Morgan fingerprint density at radius 2 is 2.29 bits per heavy atom. The van der Waals surface area contributed by atoms with Crippen LogP contribution in [-0.4, -0.2) is 37.4 Å². The van der Waals surface area contributed by atoms with Crippen molar-refractivity contribution < 1.29 is 0 Å². The number of hydrogen-bond acceptors (Lipinski definition) is 5. The summed E-state index contributed by atoms with van der Waals surface area (Å²) in [4.78, 5) is 9.84. The first-order chi connectivity index (χ1) is 8.19. The van der Waals surface area contributed by atoms with Gasteiger partial charge in [0.05, 0.1) is 23.7 Å². The molecule has 0 aromatic rings. The van der Waals surface area contributed by atoms with Gasteiger partial charge in [0.15, 0.2) is 0 Å². The lowest BCUT2D eigenvalue weighted by Gasteiger charge is -2.12. The average molecular weight is 252 g/mol. The average Bonchev–Trinajstić information content (AvgIpc) is 2.31. The van der Waals surface area contributed by atoms with Crippen LogP contribution in [0, 0.1) is 0 Å². The van der Waals surface area contributed by atoms with Crippen LogP contribution in [-0.2, 0) is 0 Å². The summed E-state index contributed by atoms with van der Waals surface area (Å²) < 4.78 is 0. The molecule has 0 radical (unpaired) electrons. The van der Waals surface area contributed by atoms with E-state index >= 15 is 0 Å². The highest BCUT2D eigenvalue weighted by Crippen LogP contribution is 2.21. The predicted octanol–water partition coefficient (Wildman–Crippen LogP) is 1.56. The second-order valence-corrected chi connectivity index (χ2v) is 4.85. The Kier molecular flexibility index (Phi) is 5.83. The van der Waals surface area contributed by atoms with Crippen LogP contribution in [0.15, 0.2) is 32.7 Å². The molecule has 94 valence electrons. The number of thioether (sulfide) groups is 1. The van der Waals surface area contributed by atoms with E-state index in [1.54, 1.807) is 11.8 Å². The quantitative estimate of drug-likeness (QED) is 0.798. The molecule has 0 aliphatic carbocycles. The van der Waals surface area contributed by atoms with Crippen molar-refractivity contribution >= 4 is 23.3 Å². The van der Waals surface area contributed by atoms with E-state index in [9.17, 15) is 0 Å². The highest BCUT2D eigenvalue weighted by atomic mass is 32.2. The zero-order valence-corrected chi connectivity index (χ0v) is 11.5. The van der Waals surface area contributed by atoms with Crippen molar-refractivity contribution in [1.29, 1.82) is 0 Å². The maximum Gasteiger partial charge on any atom is 0.116 e. The summed E-state index contributed by atoms with van der Waals surface area (Å²) in [5.74, 6) is 1.61. The molecule has 0 saturated heterocycles. The Balaban J connectivity index is 3.02. The standard InChI is InChI=1S/C12H20N4S/c1-4-17-12(9(2)14-3)10-6-5-7-15-11(13)8-16-10/h5-6,14H,4,7-8H2,1-3H3,(H2,13,15)/b6-5-,12-9-,16-10+. The van der Waals surface area contributed by atoms with Crippen molar-refractivity contribution in [1.82, 2.24) is 5.32 Å². The molecule has 0 atom stereocenters. The van der Waals surface area contributed by atoms with Gasteiger partial charge < -0.3 is 11.1 Å². The van der Waals surface area contributed by atoms with Crippen LogP contribution in [0.4, 0.5) is 0 Å². The van der Waals surface area contributed by atoms with Crippen LogP contribution < -0.4 is 11.1 Å². The highest BCUT2D eigenvalue weighted by Gasteiger charge is 2.09. The van der Waals surface area contributed by atoms with Gasteiger partial charge in [-0.05, 0) is 18.8 Å². The Hall–Kier alpha value is -1.23. The fraction of sp³-hybridized carbons (Fsp3) is 0.500. The number of hydrogen-bond donors (Lipinski definition) is 2. The van der Waals surface area contributed by atoms with Crippen LogP contribution >= 0.6 is 11.8 Å². The van der Waals surface area contributed by atoms with Gasteiger partial charge in [-0.2, -0.15) is 0 Å². The van der Waals surface area contributed by atoms with Gasteiger partial charge in [0.25, 0.3) is 0 Å². The van der Waals surface area contributed by atoms with Gasteiger partial charge >= 0.3 is 0 Å². The summed E-state index contributed by atoms with van der Waals surface area (Å²) in [6.45, 7) is 5.30. The normalized spacial score (nSPS) is 25.6.